The highest BCUT2D eigenvalue weighted by Gasteiger charge is 2.51. The maximum absolute atomic E-state index is 11.7. The van der Waals surface area contributed by atoms with Crippen molar-refractivity contribution < 1.29 is 14.3 Å². The van der Waals surface area contributed by atoms with Gasteiger partial charge >= 0.3 is 5.97 Å². The Morgan fingerprint density at radius 3 is 2.21 bits per heavy atom. The van der Waals surface area contributed by atoms with Gasteiger partial charge < -0.3 is 9.47 Å². The van der Waals surface area contributed by atoms with Crippen molar-refractivity contribution >= 4 is 5.97 Å². The Kier molecular flexibility index (Phi) is 3.84. The number of ether oxygens (including phenoxy) is 2. The molecule has 0 N–H and O–H groups in total. The second kappa shape index (κ2) is 5.43. The Hall–Kier alpha value is -0.570. The Morgan fingerprint density at radius 1 is 1.11 bits per heavy atom. The molecule has 0 aromatic rings. The van der Waals surface area contributed by atoms with Crippen molar-refractivity contribution in [2.45, 2.75) is 63.9 Å². The summed E-state index contributed by atoms with van der Waals surface area (Å²) >= 11 is 0. The van der Waals surface area contributed by atoms with Crippen LogP contribution in [0.4, 0.5) is 0 Å². The molecule has 0 saturated heterocycles. The van der Waals surface area contributed by atoms with Crippen LogP contribution in [0.25, 0.3) is 0 Å². The van der Waals surface area contributed by atoms with E-state index in [1.54, 1.807) is 0 Å². The Balaban J connectivity index is 1.48. The SMILES string of the molecule is CCCCOC(=O)COC12CC3CC(CC(C3)C1)C2. The minimum absolute atomic E-state index is 0.0263. The van der Waals surface area contributed by atoms with Crippen LogP contribution >= 0.6 is 0 Å². The van der Waals surface area contributed by atoms with E-state index in [-0.39, 0.29) is 18.2 Å². The lowest BCUT2D eigenvalue weighted by molar-refractivity contribution is -0.181. The molecular weight excluding hydrogens is 240 g/mol. The molecule has 4 saturated carbocycles. The predicted octanol–water partition coefficient (Wildman–Crippen LogP) is 3.32. The van der Waals surface area contributed by atoms with Crippen LogP contribution in [0.5, 0.6) is 0 Å². The van der Waals surface area contributed by atoms with Crippen LogP contribution in [-0.4, -0.2) is 24.8 Å². The number of carbonyl (C=O) groups is 1. The maximum atomic E-state index is 11.7. The van der Waals surface area contributed by atoms with E-state index in [1.807, 2.05) is 0 Å². The first-order valence-electron chi connectivity index (χ1n) is 7.99. The van der Waals surface area contributed by atoms with Crippen LogP contribution in [0.1, 0.15) is 58.3 Å². The fraction of sp³-hybridized carbons (Fsp3) is 0.938. The van der Waals surface area contributed by atoms with Crippen molar-refractivity contribution in [1.82, 2.24) is 0 Å². The van der Waals surface area contributed by atoms with E-state index in [0.717, 1.165) is 30.6 Å². The number of unbranched alkanes of at least 4 members (excludes halogenated alkanes) is 1. The van der Waals surface area contributed by atoms with Gasteiger partial charge in [0, 0.05) is 0 Å². The third-order valence-electron chi connectivity index (χ3n) is 5.24. The average molecular weight is 266 g/mol. The van der Waals surface area contributed by atoms with E-state index in [1.165, 1.54) is 38.5 Å². The van der Waals surface area contributed by atoms with Gasteiger partial charge in [-0.25, -0.2) is 4.79 Å². The molecule has 0 amide bonds. The van der Waals surface area contributed by atoms with Crippen LogP contribution in [-0.2, 0) is 14.3 Å². The predicted molar refractivity (Wildman–Crippen MR) is 72.7 cm³/mol. The first kappa shape index (κ1) is 13.4. The van der Waals surface area contributed by atoms with Crippen LogP contribution in [0.3, 0.4) is 0 Å². The third kappa shape index (κ3) is 2.96. The molecule has 4 aliphatic carbocycles. The molecule has 0 radical (unpaired) electrons. The fourth-order valence-electron chi connectivity index (χ4n) is 4.79. The zero-order valence-electron chi connectivity index (χ0n) is 12.0. The van der Waals surface area contributed by atoms with Gasteiger partial charge in [0.25, 0.3) is 0 Å². The lowest BCUT2D eigenvalue weighted by Gasteiger charge is -2.56. The van der Waals surface area contributed by atoms with Crippen molar-refractivity contribution in [3.8, 4) is 0 Å². The second-order valence-corrected chi connectivity index (χ2v) is 6.96. The average Bonchev–Trinajstić information content (AvgIpc) is 2.35. The van der Waals surface area contributed by atoms with Crippen molar-refractivity contribution in [2.24, 2.45) is 17.8 Å². The Bertz CT molecular complexity index is 302. The Morgan fingerprint density at radius 2 is 1.68 bits per heavy atom. The standard InChI is InChI=1S/C16H26O3/c1-2-3-4-18-15(17)11-19-16-8-12-5-13(9-16)7-14(6-12)10-16/h12-14H,2-11H2,1H3. The normalized spacial score (nSPS) is 39.5. The molecule has 4 bridgehead atoms. The van der Waals surface area contributed by atoms with E-state index in [0.29, 0.717) is 6.61 Å². The van der Waals surface area contributed by atoms with E-state index < -0.39 is 0 Å². The zero-order valence-corrected chi connectivity index (χ0v) is 12.0. The minimum atomic E-state index is -0.177. The monoisotopic (exact) mass is 266 g/mol. The summed E-state index contributed by atoms with van der Waals surface area (Å²) in [4.78, 5) is 11.7. The van der Waals surface area contributed by atoms with Crippen molar-refractivity contribution in [1.29, 1.82) is 0 Å². The van der Waals surface area contributed by atoms with E-state index in [4.69, 9.17) is 9.47 Å². The molecule has 3 nitrogen and oxygen atoms in total. The van der Waals surface area contributed by atoms with Gasteiger partial charge in [0.1, 0.15) is 6.61 Å². The van der Waals surface area contributed by atoms with Crippen molar-refractivity contribution in [2.75, 3.05) is 13.2 Å². The molecule has 0 atom stereocenters. The summed E-state index contributed by atoms with van der Waals surface area (Å²) in [6.07, 6.45) is 9.77. The number of carbonyl (C=O) groups excluding carboxylic acids is 1. The molecule has 108 valence electrons. The van der Waals surface area contributed by atoms with Gasteiger partial charge in [-0.3, -0.25) is 0 Å². The third-order valence-corrected chi connectivity index (χ3v) is 5.24. The van der Waals surface area contributed by atoms with Crippen LogP contribution < -0.4 is 0 Å². The molecule has 0 aromatic heterocycles. The highest BCUT2D eigenvalue weighted by Crippen LogP contribution is 2.57. The number of esters is 1. The zero-order chi connectivity index (χ0) is 13.3. The molecule has 4 rings (SSSR count). The molecule has 0 spiro atoms. The summed E-state index contributed by atoms with van der Waals surface area (Å²) in [5, 5.41) is 0. The van der Waals surface area contributed by atoms with Gasteiger partial charge in [0.05, 0.1) is 12.2 Å². The molecule has 0 heterocycles. The molecule has 19 heavy (non-hydrogen) atoms. The summed E-state index contributed by atoms with van der Waals surface area (Å²) in [5.41, 5.74) is 0.0263. The Labute approximate surface area is 116 Å². The van der Waals surface area contributed by atoms with Crippen LogP contribution in [0.2, 0.25) is 0 Å². The van der Waals surface area contributed by atoms with Gasteiger partial charge in [0.2, 0.25) is 0 Å². The molecule has 0 aliphatic heterocycles. The molecule has 4 aliphatic rings. The maximum Gasteiger partial charge on any atom is 0.332 e. The quantitative estimate of drug-likeness (QED) is 0.546. The van der Waals surface area contributed by atoms with Crippen molar-refractivity contribution in [3.63, 3.8) is 0 Å². The molecule has 0 aromatic carbocycles. The summed E-state index contributed by atoms with van der Waals surface area (Å²) in [6.45, 7) is 2.80. The first-order valence-corrected chi connectivity index (χ1v) is 7.99. The van der Waals surface area contributed by atoms with Gasteiger partial charge in [-0.05, 0) is 62.7 Å². The molecular formula is C16H26O3. The van der Waals surface area contributed by atoms with Crippen LogP contribution in [0, 0.1) is 17.8 Å². The molecule has 4 fully saturated rings. The number of rotatable bonds is 6. The lowest BCUT2D eigenvalue weighted by atomic mass is 9.54. The van der Waals surface area contributed by atoms with Crippen molar-refractivity contribution in [3.05, 3.63) is 0 Å². The van der Waals surface area contributed by atoms with Crippen LogP contribution in [0.15, 0.2) is 0 Å². The van der Waals surface area contributed by atoms with Gasteiger partial charge in [-0.15, -0.1) is 0 Å². The highest BCUT2D eigenvalue weighted by molar-refractivity contribution is 5.70. The lowest BCUT2D eigenvalue weighted by Crippen LogP contribution is -2.52. The van der Waals surface area contributed by atoms with E-state index in [9.17, 15) is 4.79 Å². The van der Waals surface area contributed by atoms with Gasteiger partial charge in [-0.2, -0.15) is 0 Å². The largest absolute Gasteiger partial charge is 0.464 e. The van der Waals surface area contributed by atoms with Gasteiger partial charge in [0.15, 0.2) is 0 Å². The second-order valence-electron chi connectivity index (χ2n) is 6.96. The fourth-order valence-corrected chi connectivity index (χ4v) is 4.79. The topological polar surface area (TPSA) is 35.5 Å². The summed E-state index contributed by atoms with van der Waals surface area (Å²) in [7, 11) is 0. The summed E-state index contributed by atoms with van der Waals surface area (Å²) in [5.74, 6) is 2.41. The summed E-state index contributed by atoms with van der Waals surface area (Å²) < 4.78 is 11.2. The number of hydrogen-bond donors (Lipinski definition) is 0. The minimum Gasteiger partial charge on any atom is -0.464 e. The molecule has 0 unspecified atom stereocenters. The highest BCUT2D eigenvalue weighted by atomic mass is 16.6. The van der Waals surface area contributed by atoms with E-state index in [2.05, 4.69) is 6.92 Å². The first-order chi connectivity index (χ1) is 9.19. The van der Waals surface area contributed by atoms with Gasteiger partial charge in [-0.1, -0.05) is 13.3 Å². The molecule has 3 heteroatoms. The smallest absolute Gasteiger partial charge is 0.332 e. The summed E-state index contributed by atoms with van der Waals surface area (Å²) in [6, 6.07) is 0. The van der Waals surface area contributed by atoms with E-state index >= 15 is 0 Å². The number of hydrogen-bond acceptors (Lipinski definition) is 3.